The molecule has 1 saturated heterocycles. The first-order chi connectivity index (χ1) is 7.78. The van der Waals surface area contributed by atoms with Crippen LogP contribution in [0.25, 0.3) is 0 Å². The van der Waals surface area contributed by atoms with Crippen molar-refractivity contribution in [2.75, 3.05) is 19.7 Å². The topological polar surface area (TPSA) is 61.4 Å². The summed E-state index contributed by atoms with van der Waals surface area (Å²) in [4.78, 5) is 12.1. The molecule has 100 valence electrons. The lowest BCUT2D eigenvalue weighted by molar-refractivity contribution is -0.127. The van der Waals surface area contributed by atoms with Gasteiger partial charge in [0.1, 0.15) is 0 Å². The number of aliphatic hydroxyl groups excluding tert-OH is 1. The van der Waals surface area contributed by atoms with Gasteiger partial charge in [0.15, 0.2) is 0 Å². The summed E-state index contributed by atoms with van der Waals surface area (Å²) in [6, 6.07) is -0.120. The van der Waals surface area contributed by atoms with Crippen molar-refractivity contribution < 1.29 is 9.90 Å². The normalized spacial score (nSPS) is 24.4. The Hall–Kier alpha value is -0.610. The number of hydrogen-bond donors (Lipinski definition) is 3. The van der Waals surface area contributed by atoms with E-state index in [0.29, 0.717) is 6.54 Å². The van der Waals surface area contributed by atoms with Gasteiger partial charge in [0.25, 0.3) is 0 Å². The molecule has 0 radical (unpaired) electrons. The maximum atomic E-state index is 12.1. The van der Waals surface area contributed by atoms with E-state index >= 15 is 0 Å². The summed E-state index contributed by atoms with van der Waals surface area (Å²) in [6.45, 7) is 9.62. The lowest BCUT2D eigenvalue weighted by atomic mass is 9.77. The molecule has 1 aliphatic rings. The first-order valence-corrected chi connectivity index (χ1v) is 6.40. The third-order valence-electron chi connectivity index (χ3n) is 3.56. The van der Waals surface area contributed by atoms with Crippen LogP contribution in [0.4, 0.5) is 0 Å². The van der Waals surface area contributed by atoms with Gasteiger partial charge < -0.3 is 15.7 Å². The van der Waals surface area contributed by atoms with Crippen molar-refractivity contribution in [3.63, 3.8) is 0 Å². The molecule has 4 heteroatoms. The third-order valence-corrected chi connectivity index (χ3v) is 3.56. The summed E-state index contributed by atoms with van der Waals surface area (Å²) in [5.74, 6) is 0.0521. The van der Waals surface area contributed by atoms with Crippen molar-refractivity contribution in [3.8, 4) is 0 Å². The largest absolute Gasteiger partial charge is 0.396 e. The molecule has 0 aromatic heterocycles. The molecule has 1 atom stereocenters. The molecule has 1 unspecified atom stereocenters. The zero-order chi connectivity index (χ0) is 13.1. The van der Waals surface area contributed by atoms with Crippen LogP contribution in [-0.4, -0.2) is 36.8 Å². The van der Waals surface area contributed by atoms with Gasteiger partial charge in [-0.1, -0.05) is 27.7 Å². The predicted octanol–water partition coefficient (Wildman–Crippen LogP) is 0.899. The summed E-state index contributed by atoms with van der Waals surface area (Å²) in [7, 11) is 0. The van der Waals surface area contributed by atoms with Gasteiger partial charge in [-0.3, -0.25) is 4.79 Å². The molecule has 0 aliphatic carbocycles. The van der Waals surface area contributed by atoms with Crippen LogP contribution < -0.4 is 10.6 Å². The van der Waals surface area contributed by atoms with Gasteiger partial charge in [0.2, 0.25) is 5.91 Å². The van der Waals surface area contributed by atoms with Crippen LogP contribution in [0.2, 0.25) is 0 Å². The number of nitrogens with one attached hydrogen (secondary N) is 2. The first-order valence-electron chi connectivity index (χ1n) is 6.40. The molecule has 1 fully saturated rings. The van der Waals surface area contributed by atoms with E-state index in [0.717, 1.165) is 19.4 Å². The molecule has 4 nitrogen and oxygen atoms in total. The van der Waals surface area contributed by atoms with E-state index in [1.807, 2.05) is 13.8 Å². The Bertz CT molecular complexity index is 275. The van der Waals surface area contributed by atoms with Crippen LogP contribution in [0.3, 0.4) is 0 Å². The van der Waals surface area contributed by atoms with Crippen LogP contribution >= 0.6 is 0 Å². The Morgan fingerprint density at radius 1 is 1.53 bits per heavy atom. The quantitative estimate of drug-likeness (QED) is 0.686. The van der Waals surface area contributed by atoms with Crippen LogP contribution in [-0.2, 0) is 4.79 Å². The number of carbonyl (C=O) groups is 1. The van der Waals surface area contributed by atoms with Gasteiger partial charge in [-0.15, -0.1) is 0 Å². The minimum absolute atomic E-state index is 0.00565. The van der Waals surface area contributed by atoms with E-state index in [-0.39, 0.29) is 29.4 Å². The Morgan fingerprint density at radius 2 is 2.18 bits per heavy atom. The maximum absolute atomic E-state index is 12.1. The molecule has 1 heterocycles. The van der Waals surface area contributed by atoms with E-state index < -0.39 is 0 Å². The molecule has 0 bridgehead atoms. The van der Waals surface area contributed by atoms with Gasteiger partial charge in [-0.05, 0) is 24.8 Å². The van der Waals surface area contributed by atoms with E-state index in [4.69, 9.17) is 5.11 Å². The highest BCUT2D eigenvalue weighted by Crippen LogP contribution is 2.30. The monoisotopic (exact) mass is 242 g/mol. The van der Waals surface area contributed by atoms with Gasteiger partial charge in [0, 0.05) is 18.6 Å². The molecule has 3 N–H and O–H groups in total. The number of carbonyl (C=O) groups excluding carboxylic acids is 1. The Kier molecular flexibility index (Phi) is 4.55. The van der Waals surface area contributed by atoms with Crippen LogP contribution in [0.1, 0.15) is 40.5 Å². The van der Waals surface area contributed by atoms with Crippen molar-refractivity contribution >= 4 is 5.91 Å². The van der Waals surface area contributed by atoms with Crippen LogP contribution in [0.15, 0.2) is 0 Å². The molecular formula is C13H26N2O2. The van der Waals surface area contributed by atoms with Crippen molar-refractivity contribution in [3.05, 3.63) is 0 Å². The second-order valence-electron chi connectivity index (χ2n) is 6.52. The molecule has 0 spiro atoms. The first kappa shape index (κ1) is 14.5. The van der Waals surface area contributed by atoms with Crippen LogP contribution in [0.5, 0.6) is 0 Å². The van der Waals surface area contributed by atoms with Crippen molar-refractivity contribution in [2.24, 2.45) is 10.8 Å². The molecule has 0 aromatic carbocycles. The van der Waals surface area contributed by atoms with Crippen LogP contribution in [0, 0.1) is 10.8 Å². The second kappa shape index (κ2) is 5.36. The second-order valence-corrected chi connectivity index (χ2v) is 6.52. The summed E-state index contributed by atoms with van der Waals surface area (Å²) in [5.41, 5.74) is -0.250. The molecule has 0 saturated carbocycles. The summed E-state index contributed by atoms with van der Waals surface area (Å²) in [6.07, 6.45) is 2.19. The van der Waals surface area contributed by atoms with Crippen molar-refractivity contribution in [2.45, 2.75) is 46.6 Å². The van der Waals surface area contributed by atoms with E-state index in [1.54, 1.807) is 0 Å². The maximum Gasteiger partial charge on any atom is 0.237 e. The average molecular weight is 242 g/mol. The van der Waals surface area contributed by atoms with E-state index in [1.165, 1.54) is 0 Å². The fraction of sp³-hybridized carbons (Fsp3) is 0.923. The Balaban J connectivity index is 2.52. The summed E-state index contributed by atoms with van der Waals surface area (Å²) < 4.78 is 0. The molecule has 1 rings (SSSR count). The number of amides is 1. The van der Waals surface area contributed by atoms with Gasteiger partial charge in [-0.25, -0.2) is 0 Å². The Labute approximate surface area is 104 Å². The molecule has 1 aliphatic heterocycles. The van der Waals surface area contributed by atoms with Crippen molar-refractivity contribution in [1.82, 2.24) is 10.6 Å². The minimum Gasteiger partial charge on any atom is -0.396 e. The minimum atomic E-state index is -0.255. The zero-order valence-electron chi connectivity index (χ0n) is 11.5. The Morgan fingerprint density at radius 3 is 2.71 bits per heavy atom. The van der Waals surface area contributed by atoms with Crippen molar-refractivity contribution in [1.29, 1.82) is 0 Å². The average Bonchev–Trinajstić information content (AvgIpc) is 2.25. The number of piperidine rings is 1. The third kappa shape index (κ3) is 3.96. The predicted molar refractivity (Wildman–Crippen MR) is 68.7 cm³/mol. The zero-order valence-corrected chi connectivity index (χ0v) is 11.5. The number of hydrogen-bond acceptors (Lipinski definition) is 3. The SMILES string of the molecule is CC(C)(CO)CNC(=O)C1NCCCC1(C)C. The highest BCUT2D eigenvalue weighted by molar-refractivity contribution is 5.82. The fourth-order valence-electron chi connectivity index (χ4n) is 2.14. The van der Waals surface area contributed by atoms with E-state index in [9.17, 15) is 4.79 Å². The number of aliphatic hydroxyl groups is 1. The highest BCUT2D eigenvalue weighted by Gasteiger charge is 2.37. The van der Waals surface area contributed by atoms with Gasteiger partial charge >= 0.3 is 0 Å². The fourth-order valence-corrected chi connectivity index (χ4v) is 2.14. The molecule has 1 amide bonds. The summed E-state index contributed by atoms with van der Waals surface area (Å²) >= 11 is 0. The smallest absolute Gasteiger partial charge is 0.237 e. The summed E-state index contributed by atoms with van der Waals surface area (Å²) in [5, 5.41) is 15.4. The number of rotatable bonds is 4. The lowest BCUT2D eigenvalue weighted by Crippen LogP contribution is -2.56. The van der Waals surface area contributed by atoms with Gasteiger partial charge in [-0.2, -0.15) is 0 Å². The highest BCUT2D eigenvalue weighted by atomic mass is 16.3. The standard InChI is InChI=1S/C13H26N2O2/c1-12(2,9-16)8-15-11(17)10-13(3,4)6-5-7-14-10/h10,14,16H,5-9H2,1-4H3,(H,15,17). The lowest BCUT2D eigenvalue weighted by Gasteiger charge is -2.38. The molecule has 17 heavy (non-hydrogen) atoms. The van der Waals surface area contributed by atoms with Gasteiger partial charge in [0.05, 0.1) is 6.04 Å². The molecule has 0 aromatic rings. The molecular weight excluding hydrogens is 216 g/mol. The van der Waals surface area contributed by atoms with E-state index in [2.05, 4.69) is 24.5 Å².